The van der Waals surface area contributed by atoms with Gasteiger partial charge in [0.05, 0.1) is 23.8 Å². The molecule has 0 radical (unpaired) electrons. The Morgan fingerprint density at radius 2 is 2.00 bits per heavy atom. The van der Waals surface area contributed by atoms with Gasteiger partial charge in [0, 0.05) is 19.4 Å². The Kier molecular flexibility index (Phi) is 2.74. The van der Waals surface area contributed by atoms with Gasteiger partial charge in [-0.15, -0.1) is 0 Å². The van der Waals surface area contributed by atoms with E-state index in [1.807, 2.05) is 11.5 Å². The second-order valence-electron chi connectivity index (χ2n) is 4.58. The Balaban J connectivity index is 2.21. The molecule has 1 aromatic heterocycles. The number of hydrogen-bond donors (Lipinski definition) is 1. The van der Waals surface area contributed by atoms with Crippen molar-refractivity contribution < 1.29 is 8.78 Å². The molecule has 5 heteroatoms. The van der Waals surface area contributed by atoms with Gasteiger partial charge >= 0.3 is 0 Å². The average molecular weight is 229 g/mol. The van der Waals surface area contributed by atoms with Gasteiger partial charge in [-0.05, 0) is 19.8 Å². The van der Waals surface area contributed by atoms with Crippen LogP contribution in [0.3, 0.4) is 0 Å². The molecule has 1 fully saturated rings. The molecule has 2 rings (SSSR count). The van der Waals surface area contributed by atoms with Gasteiger partial charge in [0.2, 0.25) is 5.92 Å². The zero-order valence-corrected chi connectivity index (χ0v) is 9.42. The van der Waals surface area contributed by atoms with Crippen molar-refractivity contribution in [2.24, 2.45) is 5.73 Å². The van der Waals surface area contributed by atoms with Gasteiger partial charge in [0.25, 0.3) is 0 Å². The summed E-state index contributed by atoms with van der Waals surface area (Å²) < 4.78 is 28.1. The molecule has 0 aliphatic heterocycles. The van der Waals surface area contributed by atoms with Crippen molar-refractivity contribution in [2.45, 2.75) is 50.6 Å². The largest absolute Gasteiger partial charge is 0.333 e. The smallest absolute Gasteiger partial charge is 0.248 e. The first-order valence-electron chi connectivity index (χ1n) is 5.64. The van der Waals surface area contributed by atoms with E-state index in [0.717, 1.165) is 12.2 Å². The van der Waals surface area contributed by atoms with E-state index in [9.17, 15) is 8.78 Å². The quantitative estimate of drug-likeness (QED) is 0.845. The molecule has 2 N–H and O–H groups in total. The molecular weight excluding hydrogens is 212 g/mol. The molecule has 0 spiro atoms. The predicted octanol–water partition coefficient (Wildman–Crippen LogP) is 2.27. The molecule has 0 amide bonds. The van der Waals surface area contributed by atoms with Crippen molar-refractivity contribution in [1.29, 1.82) is 0 Å². The third-order valence-corrected chi connectivity index (χ3v) is 3.44. The number of alkyl halides is 2. The zero-order valence-electron chi connectivity index (χ0n) is 9.42. The summed E-state index contributed by atoms with van der Waals surface area (Å²) in [5.41, 5.74) is 6.48. The van der Waals surface area contributed by atoms with E-state index in [1.54, 1.807) is 12.5 Å². The monoisotopic (exact) mass is 229 g/mol. The summed E-state index contributed by atoms with van der Waals surface area (Å²) in [7, 11) is 0. The standard InChI is InChI=1S/C11H17F2N3/c1-2-16-8-15-7-9(16)10(14)3-5-11(12,13)6-4-10/h7-8H,2-6,14H2,1H3. The van der Waals surface area contributed by atoms with Crippen molar-refractivity contribution in [3.05, 3.63) is 18.2 Å². The van der Waals surface area contributed by atoms with Crippen LogP contribution in [0.4, 0.5) is 8.78 Å². The number of aromatic nitrogens is 2. The maximum atomic E-state index is 13.1. The average Bonchev–Trinajstić information content (AvgIpc) is 2.71. The van der Waals surface area contributed by atoms with E-state index in [0.29, 0.717) is 12.8 Å². The van der Waals surface area contributed by atoms with Gasteiger partial charge in [0.1, 0.15) is 0 Å². The third kappa shape index (κ3) is 1.96. The summed E-state index contributed by atoms with van der Waals surface area (Å²) in [6.07, 6.45) is 3.80. The van der Waals surface area contributed by atoms with Gasteiger partial charge in [0.15, 0.2) is 0 Å². The lowest BCUT2D eigenvalue weighted by Crippen LogP contribution is -2.44. The van der Waals surface area contributed by atoms with Crippen LogP contribution in [-0.4, -0.2) is 15.5 Å². The summed E-state index contributed by atoms with van der Waals surface area (Å²) in [4.78, 5) is 4.05. The fraction of sp³-hybridized carbons (Fsp3) is 0.727. The Hall–Kier alpha value is -0.970. The van der Waals surface area contributed by atoms with Crippen LogP contribution in [0.5, 0.6) is 0 Å². The third-order valence-electron chi connectivity index (χ3n) is 3.44. The lowest BCUT2D eigenvalue weighted by atomic mass is 9.78. The first-order valence-corrected chi connectivity index (χ1v) is 5.64. The molecular formula is C11H17F2N3. The molecule has 1 aliphatic carbocycles. The summed E-state index contributed by atoms with van der Waals surface area (Å²) in [6.45, 7) is 2.76. The predicted molar refractivity (Wildman–Crippen MR) is 57.2 cm³/mol. The van der Waals surface area contributed by atoms with Gasteiger partial charge < -0.3 is 10.3 Å². The minimum atomic E-state index is -2.54. The topological polar surface area (TPSA) is 43.8 Å². The Labute approximate surface area is 93.7 Å². The first kappa shape index (κ1) is 11.5. The van der Waals surface area contributed by atoms with Crippen molar-refractivity contribution >= 4 is 0 Å². The molecule has 16 heavy (non-hydrogen) atoms. The van der Waals surface area contributed by atoms with E-state index in [-0.39, 0.29) is 12.8 Å². The highest BCUT2D eigenvalue weighted by Gasteiger charge is 2.43. The van der Waals surface area contributed by atoms with Gasteiger partial charge in [-0.25, -0.2) is 13.8 Å². The molecule has 90 valence electrons. The molecule has 0 unspecified atom stereocenters. The minimum Gasteiger partial charge on any atom is -0.333 e. The van der Waals surface area contributed by atoms with Crippen molar-refractivity contribution in [3.8, 4) is 0 Å². The van der Waals surface area contributed by atoms with Gasteiger partial charge in [-0.2, -0.15) is 0 Å². The highest BCUT2D eigenvalue weighted by Crippen LogP contribution is 2.41. The van der Waals surface area contributed by atoms with Crippen LogP contribution in [0.25, 0.3) is 0 Å². The zero-order chi connectivity index (χ0) is 11.8. The van der Waals surface area contributed by atoms with Gasteiger partial charge in [-0.1, -0.05) is 0 Å². The van der Waals surface area contributed by atoms with Crippen LogP contribution in [0.15, 0.2) is 12.5 Å². The van der Waals surface area contributed by atoms with Crippen molar-refractivity contribution in [3.63, 3.8) is 0 Å². The van der Waals surface area contributed by atoms with Crippen LogP contribution < -0.4 is 5.73 Å². The molecule has 0 saturated heterocycles. The molecule has 3 nitrogen and oxygen atoms in total. The normalized spacial score (nSPS) is 23.2. The number of hydrogen-bond acceptors (Lipinski definition) is 2. The Morgan fingerprint density at radius 1 is 1.38 bits per heavy atom. The van der Waals surface area contributed by atoms with E-state index in [1.165, 1.54) is 0 Å². The van der Waals surface area contributed by atoms with Crippen LogP contribution in [-0.2, 0) is 12.1 Å². The summed E-state index contributed by atoms with van der Waals surface area (Å²) >= 11 is 0. The van der Waals surface area contributed by atoms with E-state index < -0.39 is 11.5 Å². The van der Waals surface area contributed by atoms with Crippen molar-refractivity contribution in [1.82, 2.24) is 9.55 Å². The number of nitrogens with zero attached hydrogens (tertiary/aromatic N) is 2. The number of rotatable bonds is 2. The van der Waals surface area contributed by atoms with Crippen molar-refractivity contribution in [2.75, 3.05) is 0 Å². The summed E-state index contributed by atoms with van der Waals surface area (Å²) in [5, 5.41) is 0. The van der Waals surface area contributed by atoms with Crippen LogP contribution in [0.2, 0.25) is 0 Å². The fourth-order valence-corrected chi connectivity index (χ4v) is 2.31. The van der Waals surface area contributed by atoms with E-state index in [4.69, 9.17) is 5.73 Å². The minimum absolute atomic E-state index is 0.127. The highest BCUT2D eigenvalue weighted by atomic mass is 19.3. The second kappa shape index (κ2) is 3.80. The molecule has 0 bridgehead atoms. The second-order valence-corrected chi connectivity index (χ2v) is 4.58. The first-order chi connectivity index (χ1) is 7.47. The number of halogens is 2. The molecule has 1 aliphatic rings. The fourth-order valence-electron chi connectivity index (χ4n) is 2.31. The Morgan fingerprint density at radius 3 is 2.56 bits per heavy atom. The highest BCUT2D eigenvalue weighted by molar-refractivity contribution is 5.15. The lowest BCUT2D eigenvalue weighted by molar-refractivity contribution is -0.0523. The van der Waals surface area contributed by atoms with Crippen LogP contribution in [0, 0.1) is 0 Å². The molecule has 1 saturated carbocycles. The van der Waals surface area contributed by atoms with Crippen LogP contribution >= 0.6 is 0 Å². The summed E-state index contributed by atoms with van der Waals surface area (Å²) in [6, 6.07) is 0. The summed E-state index contributed by atoms with van der Waals surface area (Å²) in [5.74, 6) is -2.54. The van der Waals surface area contributed by atoms with Crippen LogP contribution in [0.1, 0.15) is 38.3 Å². The number of aryl methyl sites for hydroxylation is 1. The molecule has 1 heterocycles. The van der Waals surface area contributed by atoms with Gasteiger partial charge in [-0.3, -0.25) is 0 Å². The lowest BCUT2D eigenvalue weighted by Gasteiger charge is -2.37. The molecule has 1 aromatic rings. The number of imidazole rings is 1. The molecule has 0 atom stereocenters. The number of nitrogens with two attached hydrogens (primary N) is 1. The maximum absolute atomic E-state index is 13.1. The van der Waals surface area contributed by atoms with E-state index in [2.05, 4.69) is 4.98 Å². The SMILES string of the molecule is CCn1cncc1C1(N)CCC(F)(F)CC1. The Bertz CT molecular complexity index is 363. The van der Waals surface area contributed by atoms with E-state index >= 15 is 0 Å². The molecule has 0 aromatic carbocycles. The maximum Gasteiger partial charge on any atom is 0.248 e.